The highest BCUT2D eigenvalue weighted by molar-refractivity contribution is 6.12. The van der Waals surface area contributed by atoms with Crippen LogP contribution in [-0.4, -0.2) is 10.2 Å². The second kappa shape index (κ2) is 4.29. The van der Waals surface area contributed by atoms with E-state index in [-0.39, 0.29) is 0 Å². The lowest BCUT2D eigenvalue weighted by Crippen LogP contribution is -2.22. The molecule has 1 heteroatoms. The van der Waals surface area contributed by atoms with E-state index in [1.54, 1.807) is 0 Å². The zero-order valence-electron chi connectivity index (χ0n) is 7.77. The molecule has 1 saturated carbocycles. The minimum absolute atomic E-state index is 0.804. The fourth-order valence-corrected chi connectivity index (χ4v) is 3.11. The lowest BCUT2D eigenvalue weighted by atomic mass is 9.78. The summed E-state index contributed by atoms with van der Waals surface area (Å²) in [5.41, 5.74) is 0.804. The largest absolute Gasteiger partial charge is 0.0651 e. The molecular formula is C10H19Si. The van der Waals surface area contributed by atoms with Gasteiger partial charge in [0.05, 0.1) is 0 Å². The summed E-state index contributed by atoms with van der Waals surface area (Å²) in [4.78, 5) is 0. The quantitative estimate of drug-likeness (QED) is 0.554. The summed E-state index contributed by atoms with van der Waals surface area (Å²) in [7, 11) is 3.89. The van der Waals surface area contributed by atoms with Gasteiger partial charge in [-0.15, -0.1) is 0 Å². The van der Waals surface area contributed by atoms with Gasteiger partial charge in [0.1, 0.15) is 0 Å². The minimum atomic E-state index is 0.804. The molecule has 1 aliphatic carbocycles. The average Bonchev–Trinajstić information content (AvgIpc) is 2.05. The predicted molar refractivity (Wildman–Crippen MR) is 50.9 cm³/mol. The standard InChI is InChI=1S/C10H19Si/c1-3-8-6-5-7-9(4-2)10(8)11/h8-10H,3-7H2,1-2H3. The van der Waals surface area contributed by atoms with Crippen molar-refractivity contribution in [2.45, 2.75) is 51.5 Å². The molecule has 1 rings (SSSR count). The molecule has 0 aromatic carbocycles. The maximum atomic E-state index is 3.89. The summed E-state index contributed by atoms with van der Waals surface area (Å²) < 4.78 is 0. The Bertz CT molecular complexity index is 99.4. The average molecular weight is 167 g/mol. The van der Waals surface area contributed by atoms with Crippen LogP contribution in [0.4, 0.5) is 0 Å². The van der Waals surface area contributed by atoms with E-state index in [1.165, 1.54) is 32.1 Å². The molecule has 0 heterocycles. The van der Waals surface area contributed by atoms with Gasteiger partial charge in [0.15, 0.2) is 0 Å². The van der Waals surface area contributed by atoms with Gasteiger partial charge in [-0.1, -0.05) is 46.0 Å². The Balaban J connectivity index is 2.45. The van der Waals surface area contributed by atoms with Crippen LogP contribution in [0.3, 0.4) is 0 Å². The van der Waals surface area contributed by atoms with Gasteiger partial charge in [0, 0.05) is 10.2 Å². The van der Waals surface area contributed by atoms with Crippen LogP contribution in [0, 0.1) is 11.8 Å². The molecule has 0 aliphatic heterocycles. The molecule has 63 valence electrons. The highest BCUT2D eigenvalue weighted by Gasteiger charge is 2.26. The molecule has 0 nitrogen and oxygen atoms in total. The fraction of sp³-hybridized carbons (Fsp3) is 1.00. The monoisotopic (exact) mass is 167 g/mol. The van der Waals surface area contributed by atoms with Crippen LogP contribution in [-0.2, 0) is 0 Å². The Morgan fingerprint density at radius 3 is 1.91 bits per heavy atom. The highest BCUT2D eigenvalue weighted by atomic mass is 28.1. The van der Waals surface area contributed by atoms with Gasteiger partial charge in [-0.25, -0.2) is 0 Å². The molecule has 11 heavy (non-hydrogen) atoms. The second-order valence-electron chi connectivity index (χ2n) is 3.79. The van der Waals surface area contributed by atoms with Crippen molar-refractivity contribution in [2.75, 3.05) is 0 Å². The summed E-state index contributed by atoms with van der Waals surface area (Å²) in [5.74, 6) is 1.90. The van der Waals surface area contributed by atoms with Crippen LogP contribution in [0.2, 0.25) is 5.54 Å². The topological polar surface area (TPSA) is 0 Å². The third kappa shape index (κ3) is 2.08. The molecule has 1 aliphatic rings. The zero-order valence-corrected chi connectivity index (χ0v) is 8.77. The molecule has 2 unspecified atom stereocenters. The molecule has 0 N–H and O–H groups in total. The van der Waals surface area contributed by atoms with Crippen LogP contribution >= 0.6 is 0 Å². The molecule has 0 aromatic rings. The minimum Gasteiger partial charge on any atom is -0.0651 e. The zero-order chi connectivity index (χ0) is 8.27. The van der Waals surface area contributed by atoms with Crippen molar-refractivity contribution in [2.24, 2.45) is 11.8 Å². The Morgan fingerprint density at radius 1 is 1.09 bits per heavy atom. The maximum absolute atomic E-state index is 3.89. The Labute approximate surface area is 74.2 Å². The lowest BCUT2D eigenvalue weighted by molar-refractivity contribution is 0.257. The van der Waals surface area contributed by atoms with E-state index in [0.29, 0.717) is 0 Å². The smallest absolute Gasteiger partial charge is 0.0273 e. The molecule has 0 amide bonds. The molecule has 0 spiro atoms. The van der Waals surface area contributed by atoms with Crippen LogP contribution in [0.25, 0.3) is 0 Å². The molecular weight excluding hydrogens is 148 g/mol. The molecule has 0 bridgehead atoms. The van der Waals surface area contributed by atoms with Gasteiger partial charge >= 0.3 is 0 Å². The lowest BCUT2D eigenvalue weighted by Gasteiger charge is -2.35. The SMILES string of the molecule is CCC1CCCC(CC)C1[Si]. The number of hydrogen-bond donors (Lipinski definition) is 0. The first-order valence-corrected chi connectivity index (χ1v) is 5.58. The van der Waals surface area contributed by atoms with Gasteiger partial charge < -0.3 is 0 Å². The van der Waals surface area contributed by atoms with Crippen molar-refractivity contribution in [1.82, 2.24) is 0 Å². The van der Waals surface area contributed by atoms with E-state index in [4.69, 9.17) is 0 Å². The summed E-state index contributed by atoms with van der Waals surface area (Å²) in [6, 6.07) is 0. The third-order valence-corrected chi connectivity index (χ3v) is 4.16. The fourth-order valence-electron chi connectivity index (χ4n) is 2.30. The summed E-state index contributed by atoms with van der Waals surface area (Å²) in [6.45, 7) is 4.63. The van der Waals surface area contributed by atoms with Crippen LogP contribution in [0.15, 0.2) is 0 Å². The Kier molecular flexibility index (Phi) is 3.63. The van der Waals surface area contributed by atoms with E-state index in [2.05, 4.69) is 24.1 Å². The van der Waals surface area contributed by atoms with Crippen molar-refractivity contribution in [3.63, 3.8) is 0 Å². The predicted octanol–water partition coefficient (Wildman–Crippen LogP) is 3.18. The van der Waals surface area contributed by atoms with Gasteiger partial charge in [-0.2, -0.15) is 0 Å². The summed E-state index contributed by atoms with van der Waals surface area (Å²) in [5, 5.41) is 0. The Hall–Kier alpha value is 0.217. The molecule has 2 atom stereocenters. The normalized spacial score (nSPS) is 39.0. The first kappa shape index (κ1) is 9.31. The number of rotatable bonds is 2. The van der Waals surface area contributed by atoms with Crippen LogP contribution in [0.5, 0.6) is 0 Å². The summed E-state index contributed by atoms with van der Waals surface area (Å²) >= 11 is 0. The van der Waals surface area contributed by atoms with Gasteiger partial charge in [-0.3, -0.25) is 0 Å². The van der Waals surface area contributed by atoms with Crippen molar-refractivity contribution in [1.29, 1.82) is 0 Å². The first-order chi connectivity index (χ1) is 5.29. The van der Waals surface area contributed by atoms with Crippen molar-refractivity contribution in [3.05, 3.63) is 0 Å². The van der Waals surface area contributed by atoms with E-state index >= 15 is 0 Å². The maximum Gasteiger partial charge on any atom is 0.0273 e. The van der Waals surface area contributed by atoms with E-state index in [0.717, 1.165) is 17.4 Å². The first-order valence-electron chi connectivity index (χ1n) is 5.00. The van der Waals surface area contributed by atoms with Crippen molar-refractivity contribution >= 4 is 10.2 Å². The third-order valence-electron chi connectivity index (χ3n) is 3.21. The van der Waals surface area contributed by atoms with E-state index < -0.39 is 0 Å². The molecule has 1 fully saturated rings. The van der Waals surface area contributed by atoms with Crippen LogP contribution in [0.1, 0.15) is 46.0 Å². The van der Waals surface area contributed by atoms with Crippen molar-refractivity contribution < 1.29 is 0 Å². The molecule has 0 aromatic heterocycles. The highest BCUT2D eigenvalue weighted by Crippen LogP contribution is 2.40. The Morgan fingerprint density at radius 2 is 1.55 bits per heavy atom. The second-order valence-corrected chi connectivity index (χ2v) is 4.46. The van der Waals surface area contributed by atoms with Gasteiger partial charge in [0.25, 0.3) is 0 Å². The number of hydrogen-bond acceptors (Lipinski definition) is 0. The van der Waals surface area contributed by atoms with E-state index in [9.17, 15) is 0 Å². The van der Waals surface area contributed by atoms with Crippen molar-refractivity contribution in [3.8, 4) is 0 Å². The molecule has 3 radical (unpaired) electrons. The van der Waals surface area contributed by atoms with Gasteiger partial charge in [0.2, 0.25) is 0 Å². The van der Waals surface area contributed by atoms with E-state index in [1.807, 2.05) is 0 Å². The summed E-state index contributed by atoms with van der Waals surface area (Å²) in [6.07, 6.45) is 7.05. The molecule has 0 saturated heterocycles. The van der Waals surface area contributed by atoms with Gasteiger partial charge in [-0.05, 0) is 17.4 Å². The van der Waals surface area contributed by atoms with Crippen LogP contribution < -0.4 is 0 Å².